The molecule has 1 atom stereocenters. The maximum atomic E-state index is 11.8. The zero-order valence-corrected chi connectivity index (χ0v) is 12.4. The molecule has 1 saturated heterocycles. The fourth-order valence-electron chi connectivity index (χ4n) is 2.59. The largest absolute Gasteiger partial charge is 0.345 e. The van der Waals surface area contributed by atoms with Gasteiger partial charge in [-0.3, -0.25) is 9.69 Å². The molecule has 4 heteroatoms. The summed E-state index contributed by atoms with van der Waals surface area (Å²) in [6, 6.07) is 0.603. The SMILES string of the molecule is CCNC(C)C1CCN(CC(=O)N(C)CC)CC1. The minimum atomic E-state index is 0.246. The van der Waals surface area contributed by atoms with E-state index in [1.165, 1.54) is 12.8 Å². The van der Waals surface area contributed by atoms with Crippen LogP contribution in [-0.2, 0) is 4.79 Å². The quantitative estimate of drug-likeness (QED) is 0.774. The Bertz CT molecular complexity index is 249. The molecule has 0 spiro atoms. The summed E-state index contributed by atoms with van der Waals surface area (Å²) < 4.78 is 0. The fraction of sp³-hybridized carbons (Fsp3) is 0.929. The Morgan fingerprint density at radius 2 is 2.00 bits per heavy atom. The van der Waals surface area contributed by atoms with Crippen LogP contribution in [0, 0.1) is 5.92 Å². The maximum Gasteiger partial charge on any atom is 0.236 e. The van der Waals surface area contributed by atoms with Crippen molar-refractivity contribution >= 4 is 5.91 Å². The summed E-state index contributed by atoms with van der Waals surface area (Å²) in [4.78, 5) is 15.9. The van der Waals surface area contributed by atoms with Crippen molar-refractivity contribution in [1.82, 2.24) is 15.1 Å². The van der Waals surface area contributed by atoms with Gasteiger partial charge in [0.2, 0.25) is 5.91 Å². The van der Waals surface area contributed by atoms with Crippen molar-refractivity contribution in [3.05, 3.63) is 0 Å². The third-order valence-electron chi connectivity index (χ3n) is 4.12. The van der Waals surface area contributed by atoms with Crippen LogP contribution in [0.1, 0.15) is 33.6 Å². The number of piperidine rings is 1. The Morgan fingerprint density at radius 3 is 2.50 bits per heavy atom. The van der Waals surface area contributed by atoms with Gasteiger partial charge in [0, 0.05) is 19.6 Å². The van der Waals surface area contributed by atoms with E-state index in [2.05, 4.69) is 24.1 Å². The summed E-state index contributed by atoms with van der Waals surface area (Å²) in [6.45, 7) is 11.0. The van der Waals surface area contributed by atoms with Crippen LogP contribution < -0.4 is 5.32 Å². The lowest BCUT2D eigenvalue weighted by Gasteiger charge is -2.35. The number of nitrogens with one attached hydrogen (secondary N) is 1. The molecule has 0 aromatic heterocycles. The summed E-state index contributed by atoms with van der Waals surface area (Å²) in [7, 11) is 1.88. The van der Waals surface area contributed by atoms with Crippen LogP contribution in [0.4, 0.5) is 0 Å². The van der Waals surface area contributed by atoms with Crippen LogP contribution >= 0.6 is 0 Å². The maximum absolute atomic E-state index is 11.8. The van der Waals surface area contributed by atoms with Crippen molar-refractivity contribution < 1.29 is 4.79 Å². The Kier molecular flexibility index (Phi) is 6.65. The van der Waals surface area contributed by atoms with Crippen molar-refractivity contribution in [3.63, 3.8) is 0 Å². The van der Waals surface area contributed by atoms with Gasteiger partial charge in [-0.15, -0.1) is 0 Å². The summed E-state index contributed by atoms with van der Waals surface area (Å²) in [6.07, 6.45) is 2.41. The highest BCUT2D eigenvalue weighted by molar-refractivity contribution is 5.77. The second-order valence-electron chi connectivity index (χ2n) is 5.37. The highest BCUT2D eigenvalue weighted by Gasteiger charge is 2.24. The van der Waals surface area contributed by atoms with Crippen LogP contribution in [-0.4, -0.2) is 61.5 Å². The molecule has 1 fully saturated rings. The standard InChI is InChI=1S/C14H29N3O/c1-5-15-12(3)13-7-9-17(10-8-13)11-14(18)16(4)6-2/h12-13,15H,5-11H2,1-4H3. The molecule has 0 aromatic rings. The molecule has 1 amide bonds. The number of likely N-dealkylation sites (tertiary alicyclic amines) is 1. The molecule has 18 heavy (non-hydrogen) atoms. The van der Waals surface area contributed by atoms with Crippen molar-refractivity contribution in [2.45, 2.75) is 39.7 Å². The van der Waals surface area contributed by atoms with Gasteiger partial charge in [-0.05, 0) is 52.2 Å². The predicted octanol–water partition coefficient (Wildman–Crippen LogP) is 1.17. The zero-order valence-electron chi connectivity index (χ0n) is 12.4. The molecule has 1 aliphatic heterocycles. The molecular formula is C14H29N3O. The second-order valence-corrected chi connectivity index (χ2v) is 5.37. The summed E-state index contributed by atoms with van der Waals surface area (Å²) >= 11 is 0. The van der Waals surface area contributed by atoms with Crippen molar-refractivity contribution in [2.24, 2.45) is 5.92 Å². The van der Waals surface area contributed by atoms with Gasteiger partial charge in [-0.25, -0.2) is 0 Å². The normalized spacial score (nSPS) is 19.8. The number of amides is 1. The van der Waals surface area contributed by atoms with E-state index in [0.717, 1.165) is 32.1 Å². The number of carbonyl (C=O) groups is 1. The number of likely N-dealkylation sites (N-methyl/N-ethyl adjacent to an activating group) is 1. The van der Waals surface area contributed by atoms with Gasteiger partial charge in [0.25, 0.3) is 0 Å². The molecule has 0 radical (unpaired) electrons. The van der Waals surface area contributed by atoms with Gasteiger partial charge >= 0.3 is 0 Å². The third kappa shape index (κ3) is 4.58. The lowest BCUT2D eigenvalue weighted by Crippen LogP contribution is -2.45. The Hall–Kier alpha value is -0.610. The van der Waals surface area contributed by atoms with E-state index in [-0.39, 0.29) is 5.91 Å². The number of rotatable bonds is 6. The van der Waals surface area contributed by atoms with E-state index in [4.69, 9.17) is 0 Å². The van der Waals surface area contributed by atoms with Gasteiger partial charge in [-0.2, -0.15) is 0 Å². The monoisotopic (exact) mass is 255 g/mol. The predicted molar refractivity (Wildman–Crippen MR) is 75.6 cm³/mol. The van der Waals surface area contributed by atoms with Crippen LogP contribution in [0.2, 0.25) is 0 Å². The van der Waals surface area contributed by atoms with E-state index in [9.17, 15) is 4.79 Å². The molecule has 1 aliphatic rings. The number of nitrogens with zero attached hydrogens (tertiary/aromatic N) is 2. The molecule has 1 N–H and O–H groups in total. The smallest absolute Gasteiger partial charge is 0.236 e. The van der Waals surface area contributed by atoms with E-state index in [1.807, 2.05) is 14.0 Å². The second kappa shape index (κ2) is 7.74. The van der Waals surface area contributed by atoms with E-state index in [1.54, 1.807) is 4.90 Å². The first kappa shape index (κ1) is 15.4. The van der Waals surface area contributed by atoms with Crippen LogP contribution in [0.15, 0.2) is 0 Å². The fourth-order valence-corrected chi connectivity index (χ4v) is 2.59. The lowest BCUT2D eigenvalue weighted by atomic mass is 9.90. The van der Waals surface area contributed by atoms with Gasteiger partial charge < -0.3 is 10.2 Å². The Labute approximate surface area is 112 Å². The minimum Gasteiger partial charge on any atom is -0.345 e. The topological polar surface area (TPSA) is 35.6 Å². The first-order chi connectivity index (χ1) is 8.58. The summed E-state index contributed by atoms with van der Waals surface area (Å²) in [5.41, 5.74) is 0. The van der Waals surface area contributed by atoms with Crippen LogP contribution in [0.5, 0.6) is 0 Å². The van der Waals surface area contributed by atoms with Gasteiger partial charge in [-0.1, -0.05) is 6.92 Å². The molecule has 0 saturated carbocycles. The first-order valence-electron chi connectivity index (χ1n) is 7.28. The molecule has 106 valence electrons. The van der Waals surface area contributed by atoms with Crippen molar-refractivity contribution in [3.8, 4) is 0 Å². The van der Waals surface area contributed by atoms with E-state index < -0.39 is 0 Å². The van der Waals surface area contributed by atoms with Gasteiger partial charge in [0.1, 0.15) is 0 Å². The average Bonchev–Trinajstić information content (AvgIpc) is 2.38. The van der Waals surface area contributed by atoms with Gasteiger partial charge in [0.15, 0.2) is 0 Å². The Morgan fingerprint density at radius 1 is 1.39 bits per heavy atom. The zero-order chi connectivity index (χ0) is 13.5. The van der Waals surface area contributed by atoms with E-state index in [0.29, 0.717) is 12.6 Å². The Balaban J connectivity index is 2.29. The number of hydrogen-bond donors (Lipinski definition) is 1. The molecule has 0 aliphatic carbocycles. The first-order valence-corrected chi connectivity index (χ1v) is 7.28. The molecule has 1 unspecified atom stereocenters. The minimum absolute atomic E-state index is 0.246. The van der Waals surface area contributed by atoms with Crippen LogP contribution in [0.3, 0.4) is 0 Å². The number of carbonyl (C=O) groups excluding carboxylic acids is 1. The molecule has 0 bridgehead atoms. The third-order valence-corrected chi connectivity index (χ3v) is 4.12. The highest BCUT2D eigenvalue weighted by Crippen LogP contribution is 2.20. The molecule has 0 aromatic carbocycles. The summed E-state index contributed by atoms with van der Waals surface area (Å²) in [5.74, 6) is 1.01. The van der Waals surface area contributed by atoms with E-state index >= 15 is 0 Å². The van der Waals surface area contributed by atoms with Crippen molar-refractivity contribution in [1.29, 1.82) is 0 Å². The number of hydrogen-bond acceptors (Lipinski definition) is 3. The van der Waals surface area contributed by atoms with Crippen LogP contribution in [0.25, 0.3) is 0 Å². The molecule has 4 nitrogen and oxygen atoms in total. The molecular weight excluding hydrogens is 226 g/mol. The molecule has 1 heterocycles. The lowest BCUT2D eigenvalue weighted by molar-refractivity contribution is -0.131. The summed E-state index contributed by atoms with van der Waals surface area (Å²) in [5, 5.41) is 3.50. The molecule has 1 rings (SSSR count). The van der Waals surface area contributed by atoms with Crippen molar-refractivity contribution in [2.75, 3.05) is 39.8 Å². The average molecular weight is 255 g/mol. The highest BCUT2D eigenvalue weighted by atomic mass is 16.2. The van der Waals surface area contributed by atoms with Gasteiger partial charge in [0.05, 0.1) is 6.54 Å².